The van der Waals surface area contributed by atoms with E-state index < -0.39 is 0 Å². The van der Waals surface area contributed by atoms with Crippen molar-refractivity contribution in [3.63, 3.8) is 0 Å². The van der Waals surface area contributed by atoms with Gasteiger partial charge in [-0.1, -0.05) is 158 Å². The maximum Gasteiger partial charge on any atom is 0.164 e. The number of para-hydroxylation sites is 1. The molecule has 0 fully saturated rings. The van der Waals surface area contributed by atoms with Crippen LogP contribution in [-0.4, -0.2) is 15.0 Å². The molecule has 0 bridgehead atoms. The second-order valence-corrected chi connectivity index (χ2v) is 12.0. The maximum atomic E-state index is 6.57. The number of aromatic nitrogens is 3. The fourth-order valence-electron chi connectivity index (χ4n) is 6.57. The SMILES string of the molecule is c1ccc(-c2cccc(-c3cccc(-c4nc(-c5ccccc5)nc(-c5cccc6oc7c(-c8ccccc8)cccc7c56)n4)c3)c2)cc1. The largest absolute Gasteiger partial charge is 0.455 e. The lowest BCUT2D eigenvalue weighted by Crippen LogP contribution is -2.00. The van der Waals surface area contributed by atoms with Crippen LogP contribution < -0.4 is 0 Å². The van der Waals surface area contributed by atoms with Crippen molar-refractivity contribution in [3.8, 4) is 67.5 Å². The van der Waals surface area contributed by atoms with Crippen molar-refractivity contribution in [1.29, 1.82) is 0 Å². The zero-order chi connectivity index (χ0) is 32.6. The van der Waals surface area contributed by atoms with Gasteiger partial charge >= 0.3 is 0 Å². The zero-order valence-corrected chi connectivity index (χ0v) is 26.5. The third-order valence-corrected chi connectivity index (χ3v) is 8.94. The first-order chi connectivity index (χ1) is 24.3. The van der Waals surface area contributed by atoms with Crippen LogP contribution in [0.2, 0.25) is 0 Å². The van der Waals surface area contributed by atoms with E-state index in [0.29, 0.717) is 17.5 Å². The van der Waals surface area contributed by atoms with Gasteiger partial charge in [-0.25, -0.2) is 15.0 Å². The summed E-state index contributed by atoms with van der Waals surface area (Å²) in [6, 6.07) is 60.4. The first-order valence-corrected chi connectivity index (χ1v) is 16.4. The Labute approximate surface area is 284 Å². The van der Waals surface area contributed by atoms with E-state index >= 15 is 0 Å². The molecule has 49 heavy (non-hydrogen) atoms. The Morgan fingerprint density at radius 3 is 1.49 bits per heavy atom. The number of benzene rings is 7. The number of nitrogens with zero attached hydrogens (tertiary/aromatic N) is 3. The third kappa shape index (κ3) is 5.35. The van der Waals surface area contributed by atoms with E-state index in [4.69, 9.17) is 19.4 Å². The van der Waals surface area contributed by atoms with E-state index in [-0.39, 0.29) is 0 Å². The van der Waals surface area contributed by atoms with Crippen LogP contribution >= 0.6 is 0 Å². The maximum absolute atomic E-state index is 6.57. The Morgan fingerprint density at radius 1 is 0.327 bits per heavy atom. The summed E-state index contributed by atoms with van der Waals surface area (Å²) in [6.45, 7) is 0. The number of fused-ring (bicyclic) bond motifs is 3. The van der Waals surface area contributed by atoms with Crippen LogP contribution in [0.5, 0.6) is 0 Å². The van der Waals surface area contributed by atoms with E-state index in [9.17, 15) is 0 Å². The fourth-order valence-corrected chi connectivity index (χ4v) is 6.57. The van der Waals surface area contributed by atoms with Crippen molar-refractivity contribution in [2.75, 3.05) is 0 Å². The fraction of sp³-hybridized carbons (Fsp3) is 0. The number of rotatable bonds is 6. The van der Waals surface area contributed by atoms with Gasteiger partial charge in [-0.15, -0.1) is 0 Å². The van der Waals surface area contributed by atoms with Gasteiger partial charge in [0.2, 0.25) is 0 Å². The van der Waals surface area contributed by atoms with E-state index in [2.05, 4.69) is 121 Å². The molecule has 0 radical (unpaired) electrons. The van der Waals surface area contributed by atoms with E-state index in [1.807, 2.05) is 54.6 Å². The quantitative estimate of drug-likeness (QED) is 0.184. The summed E-state index contributed by atoms with van der Waals surface area (Å²) in [5.74, 6) is 1.82. The van der Waals surface area contributed by atoms with Crippen molar-refractivity contribution in [3.05, 3.63) is 176 Å². The number of hydrogen-bond donors (Lipinski definition) is 0. The van der Waals surface area contributed by atoms with Crippen molar-refractivity contribution in [2.24, 2.45) is 0 Å². The lowest BCUT2D eigenvalue weighted by molar-refractivity contribution is 0.670. The number of hydrogen-bond acceptors (Lipinski definition) is 4. The van der Waals surface area contributed by atoms with E-state index in [1.54, 1.807) is 0 Å². The van der Waals surface area contributed by atoms with Gasteiger partial charge in [-0.05, 0) is 46.0 Å². The Kier molecular flexibility index (Phi) is 7.10. The molecule has 9 rings (SSSR count). The highest BCUT2D eigenvalue weighted by Crippen LogP contribution is 2.40. The van der Waals surface area contributed by atoms with Crippen LogP contribution in [0, 0.1) is 0 Å². The molecule has 7 aromatic carbocycles. The molecule has 0 amide bonds. The third-order valence-electron chi connectivity index (χ3n) is 8.94. The zero-order valence-electron chi connectivity index (χ0n) is 26.5. The Balaban J connectivity index is 1.21. The first kappa shape index (κ1) is 28.6. The van der Waals surface area contributed by atoms with Crippen molar-refractivity contribution >= 4 is 21.9 Å². The summed E-state index contributed by atoms with van der Waals surface area (Å²) in [6.07, 6.45) is 0. The molecular weight excluding hydrogens is 599 g/mol. The van der Waals surface area contributed by atoms with Gasteiger partial charge in [-0.3, -0.25) is 0 Å². The Morgan fingerprint density at radius 2 is 0.796 bits per heavy atom. The summed E-state index contributed by atoms with van der Waals surface area (Å²) in [7, 11) is 0. The first-order valence-electron chi connectivity index (χ1n) is 16.4. The second-order valence-electron chi connectivity index (χ2n) is 12.0. The molecule has 9 aromatic rings. The van der Waals surface area contributed by atoms with Gasteiger partial charge in [0.1, 0.15) is 11.2 Å². The lowest BCUT2D eigenvalue weighted by atomic mass is 9.98. The van der Waals surface area contributed by atoms with Crippen LogP contribution in [0.1, 0.15) is 0 Å². The average Bonchev–Trinajstić information content (AvgIpc) is 3.58. The minimum atomic E-state index is 0.596. The average molecular weight is 628 g/mol. The molecule has 230 valence electrons. The highest BCUT2D eigenvalue weighted by Gasteiger charge is 2.19. The van der Waals surface area contributed by atoms with Crippen molar-refractivity contribution in [1.82, 2.24) is 15.0 Å². The summed E-state index contributed by atoms with van der Waals surface area (Å²) in [5, 5.41) is 2.01. The lowest BCUT2D eigenvalue weighted by Gasteiger charge is -2.11. The molecule has 0 spiro atoms. The van der Waals surface area contributed by atoms with Crippen molar-refractivity contribution in [2.45, 2.75) is 0 Å². The highest BCUT2D eigenvalue weighted by atomic mass is 16.3. The molecule has 2 heterocycles. The van der Waals surface area contributed by atoms with Gasteiger partial charge in [0.15, 0.2) is 17.5 Å². The Bertz CT molecular complexity index is 2590. The summed E-state index contributed by atoms with van der Waals surface area (Å²) < 4.78 is 6.57. The van der Waals surface area contributed by atoms with Gasteiger partial charge in [0.05, 0.1) is 0 Å². The smallest absolute Gasteiger partial charge is 0.164 e. The molecule has 4 heteroatoms. The molecule has 0 saturated carbocycles. The summed E-state index contributed by atoms with van der Waals surface area (Å²) >= 11 is 0. The van der Waals surface area contributed by atoms with Gasteiger partial charge in [-0.2, -0.15) is 0 Å². The molecule has 0 saturated heterocycles. The van der Waals surface area contributed by atoms with Crippen LogP contribution in [0.15, 0.2) is 180 Å². The van der Waals surface area contributed by atoms with Crippen LogP contribution in [0.4, 0.5) is 0 Å². The minimum Gasteiger partial charge on any atom is -0.455 e. The standard InChI is InChI=1S/C45H29N3O/c1-4-14-30(15-5-1)33-20-10-21-34(28-33)35-22-11-23-36(29-35)44-46-43(32-18-8-3-9-19-32)47-45(48-44)39-26-13-27-40-41(39)38-25-12-24-37(42(38)49-40)31-16-6-2-7-17-31/h1-29H. The van der Waals surface area contributed by atoms with E-state index in [0.717, 1.165) is 60.9 Å². The molecule has 0 aliphatic carbocycles. The predicted molar refractivity (Wildman–Crippen MR) is 200 cm³/mol. The van der Waals surface area contributed by atoms with Crippen LogP contribution in [0.3, 0.4) is 0 Å². The normalized spacial score (nSPS) is 11.3. The molecule has 2 aromatic heterocycles. The number of furan rings is 1. The molecular formula is C45H29N3O. The summed E-state index contributed by atoms with van der Waals surface area (Å²) in [4.78, 5) is 15.3. The Hall–Kier alpha value is -6.65. The second kappa shape index (κ2) is 12.2. The minimum absolute atomic E-state index is 0.596. The molecule has 0 aliphatic heterocycles. The molecule has 4 nitrogen and oxygen atoms in total. The predicted octanol–water partition coefficient (Wildman–Crippen LogP) is 11.8. The van der Waals surface area contributed by atoms with Crippen LogP contribution in [-0.2, 0) is 0 Å². The van der Waals surface area contributed by atoms with Crippen molar-refractivity contribution < 1.29 is 4.42 Å². The highest BCUT2D eigenvalue weighted by molar-refractivity contribution is 6.15. The molecule has 0 atom stereocenters. The molecule has 0 unspecified atom stereocenters. The van der Waals surface area contributed by atoms with Crippen LogP contribution in [0.25, 0.3) is 89.5 Å². The molecule has 0 N–H and O–H groups in total. The van der Waals surface area contributed by atoms with Gasteiger partial charge < -0.3 is 4.42 Å². The topological polar surface area (TPSA) is 51.8 Å². The summed E-state index contributed by atoms with van der Waals surface area (Å²) in [5.41, 5.74) is 11.1. The van der Waals surface area contributed by atoms with Gasteiger partial charge in [0, 0.05) is 33.0 Å². The van der Waals surface area contributed by atoms with Gasteiger partial charge in [0.25, 0.3) is 0 Å². The van der Waals surface area contributed by atoms with E-state index in [1.165, 1.54) is 11.1 Å². The molecule has 0 aliphatic rings. The monoisotopic (exact) mass is 627 g/mol.